The van der Waals surface area contributed by atoms with Crippen molar-refractivity contribution in [2.45, 2.75) is 32.9 Å². The topological polar surface area (TPSA) is 55.8 Å². The van der Waals surface area contributed by atoms with Crippen molar-refractivity contribution < 1.29 is 4.79 Å². The molecule has 2 aromatic carbocycles. The summed E-state index contributed by atoms with van der Waals surface area (Å²) >= 11 is 6.33. The first kappa shape index (κ1) is 24.4. The highest BCUT2D eigenvalue weighted by Gasteiger charge is 2.30. The number of para-hydroxylation sites is 1. The lowest BCUT2D eigenvalue weighted by Crippen LogP contribution is -2.47. The quantitative estimate of drug-likeness (QED) is 0.510. The monoisotopic (exact) mass is 504 g/mol. The molecule has 0 radical (unpaired) electrons. The largest absolute Gasteiger partial charge is 0.368 e. The minimum absolute atomic E-state index is 0.0505. The molecule has 0 atom stereocenters. The molecule has 8 heteroatoms. The molecule has 36 heavy (non-hydrogen) atoms. The number of hydrogen-bond acceptors (Lipinski definition) is 6. The predicted molar refractivity (Wildman–Crippen MR) is 146 cm³/mol. The molecule has 188 valence electrons. The third kappa shape index (κ3) is 4.85. The van der Waals surface area contributed by atoms with Crippen molar-refractivity contribution in [2.75, 3.05) is 54.5 Å². The van der Waals surface area contributed by atoms with Crippen LogP contribution >= 0.6 is 11.6 Å². The van der Waals surface area contributed by atoms with Crippen molar-refractivity contribution in [3.8, 4) is 0 Å². The van der Waals surface area contributed by atoms with E-state index in [9.17, 15) is 4.79 Å². The fraction of sp³-hybridized carbons (Fsp3) is 0.393. The molecule has 0 aliphatic carbocycles. The highest BCUT2D eigenvalue weighted by atomic mass is 35.5. The normalized spacial score (nSPS) is 15.8. The molecule has 3 heterocycles. The van der Waals surface area contributed by atoms with E-state index in [-0.39, 0.29) is 11.9 Å². The van der Waals surface area contributed by atoms with Crippen molar-refractivity contribution in [2.24, 2.45) is 0 Å². The second-order valence-electron chi connectivity index (χ2n) is 9.74. The molecule has 1 aromatic heterocycles. The van der Waals surface area contributed by atoms with Gasteiger partial charge in [0.2, 0.25) is 5.95 Å². The second kappa shape index (κ2) is 10.3. The van der Waals surface area contributed by atoms with E-state index in [1.807, 2.05) is 17.0 Å². The van der Waals surface area contributed by atoms with Crippen molar-refractivity contribution in [1.82, 2.24) is 14.9 Å². The molecule has 1 amide bonds. The van der Waals surface area contributed by atoms with Crippen molar-refractivity contribution in [3.05, 3.63) is 76.4 Å². The summed E-state index contributed by atoms with van der Waals surface area (Å²) < 4.78 is 0. The maximum Gasteiger partial charge on any atom is 0.255 e. The van der Waals surface area contributed by atoms with Gasteiger partial charge in [-0.25, -0.2) is 4.98 Å². The van der Waals surface area contributed by atoms with Crippen LogP contribution in [0, 0.1) is 0 Å². The van der Waals surface area contributed by atoms with E-state index in [2.05, 4.69) is 65.9 Å². The summed E-state index contributed by atoms with van der Waals surface area (Å²) in [4.78, 5) is 32.1. The van der Waals surface area contributed by atoms with Crippen LogP contribution in [0.15, 0.2) is 54.6 Å². The van der Waals surface area contributed by atoms with E-state index in [0.717, 1.165) is 49.2 Å². The molecule has 2 aliphatic heterocycles. The third-order valence-electron chi connectivity index (χ3n) is 7.21. The number of fused-ring (bicyclic) bond motifs is 1. The van der Waals surface area contributed by atoms with Gasteiger partial charge >= 0.3 is 0 Å². The average Bonchev–Trinajstić information content (AvgIpc) is 2.92. The molecule has 7 nitrogen and oxygen atoms in total. The van der Waals surface area contributed by atoms with Gasteiger partial charge < -0.3 is 19.6 Å². The Morgan fingerprint density at radius 2 is 1.58 bits per heavy atom. The number of amides is 1. The zero-order chi connectivity index (χ0) is 25.2. The zero-order valence-electron chi connectivity index (χ0n) is 21.2. The Balaban J connectivity index is 1.40. The fourth-order valence-corrected chi connectivity index (χ4v) is 5.06. The lowest BCUT2D eigenvalue weighted by atomic mass is 10.0. The summed E-state index contributed by atoms with van der Waals surface area (Å²) in [7, 11) is 2.07. The fourth-order valence-electron chi connectivity index (χ4n) is 4.84. The number of halogens is 1. The van der Waals surface area contributed by atoms with Gasteiger partial charge in [0.1, 0.15) is 5.82 Å². The van der Waals surface area contributed by atoms with Gasteiger partial charge in [0.25, 0.3) is 5.91 Å². The third-order valence-corrected chi connectivity index (χ3v) is 7.54. The number of carbonyl (C=O) groups is 1. The molecule has 0 bridgehead atoms. The summed E-state index contributed by atoms with van der Waals surface area (Å²) in [5.41, 5.74) is 3.86. The van der Waals surface area contributed by atoms with Crippen LogP contribution in [-0.2, 0) is 13.0 Å². The number of aromatic nitrogens is 2. The summed E-state index contributed by atoms with van der Waals surface area (Å²) in [5.74, 6) is 1.65. The number of rotatable bonds is 5. The molecule has 0 N–H and O–H groups in total. The van der Waals surface area contributed by atoms with Crippen LogP contribution < -0.4 is 14.7 Å². The summed E-state index contributed by atoms with van der Waals surface area (Å²) in [6.45, 7) is 9.00. The molecule has 1 saturated heterocycles. The minimum atomic E-state index is -0.0505. The first-order valence-corrected chi connectivity index (χ1v) is 13.0. The van der Waals surface area contributed by atoms with E-state index < -0.39 is 0 Å². The highest BCUT2D eigenvalue weighted by Crippen LogP contribution is 2.31. The maximum absolute atomic E-state index is 13.3. The molecule has 0 unspecified atom stereocenters. The number of nitrogens with zero attached hydrogens (tertiary/aromatic N) is 6. The maximum atomic E-state index is 13.3. The van der Waals surface area contributed by atoms with Gasteiger partial charge in [0.05, 0.1) is 22.8 Å². The van der Waals surface area contributed by atoms with E-state index in [1.165, 1.54) is 5.69 Å². The van der Waals surface area contributed by atoms with Gasteiger partial charge in [0.15, 0.2) is 0 Å². The highest BCUT2D eigenvalue weighted by molar-refractivity contribution is 6.33. The number of anilines is 3. The van der Waals surface area contributed by atoms with Gasteiger partial charge in [-0.3, -0.25) is 4.79 Å². The Bertz CT molecular complexity index is 1230. The lowest BCUT2D eigenvalue weighted by molar-refractivity contribution is 0.0734. The van der Waals surface area contributed by atoms with Gasteiger partial charge in [-0.15, -0.1) is 0 Å². The lowest BCUT2D eigenvalue weighted by Gasteiger charge is -2.38. The van der Waals surface area contributed by atoms with Crippen LogP contribution in [0.4, 0.5) is 17.5 Å². The van der Waals surface area contributed by atoms with E-state index in [1.54, 1.807) is 12.1 Å². The summed E-state index contributed by atoms with van der Waals surface area (Å²) in [5, 5.41) is 0.481. The number of piperazine rings is 1. The zero-order valence-corrected chi connectivity index (χ0v) is 21.9. The smallest absolute Gasteiger partial charge is 0.255 e. The Morgan fingerprint density at radius 3 is 2.28 bits per heavy atom. The number of carbonyl (C=O) groups excluding carboxylic acids is 1. The molecule has 0 spiro atoms. The standard InChI is InChI=1S/C28H33ClN6O/c1-20(2)32(3)26-23-19-35(27(36)22-11-7-8-12-24(22)29)14-13-25(23)30-28(31-26)34-17-15-33(16-18-34)21-9-5-4-6-10-21/h4-12,20H,13-19H2,1-3H3. The van der Waals surface area contributed by atoms with Crippen LogP contribution in [-0.4, -0.2) is 66.6 Å². The van der Waals surface area contributed by atoms with Gasteiger partial charge in [0, 0.05) is 63.5 Å². The van der Waals surface area contributed by atoms with Crippen molar-refractivity contribution in [3.63, 3.8) is 0 Å². The predicted octanol–water partition coefficient (Wildman–Crippen LogP) is 4.50. The van der Waals surface area contributed by atoms with E-state index >= 15 is 0 Å². The SMILES string of the molecule is CC(C)N(C)c1nc(N2CCN(c3ccccc3)CC2)nc2c1CN(C(=O)c1ccccc1Cl)CC2. The number of hydrogen-bond donors (Lipinski definition) is 0. The molecule has 0 saturated carbocycles. The first-order chi connectivity index (χ1) is 17.4. The second-order valence-corrected chi connectivity index (χ2v) is 10.2. The van der Waals surface area contributed by atoms with Crippen molar-refractivity contribution in [1.29, 1.82) is 0 Å². The molecule has 1 fully saturated rings. The Morgan fingerprint density at radius 1 is 0.917 bits per heavy atom. The van der Waals surface area contributed by atoms with Crippen LogP contribution in [0.5, 0.6) is 0 Å². The van der Waals surface area contributed by atoms with E-state index in [0.29, 0.717) is 30.1 Å². The molecule has 2 aliphatic rings. The van der Waals surface area contributed by atoms with Gasteiger partial charge in [-0.1, -0.05) is 41.9 Å². The van der Waals surface area contributed by atoms with Crippen LogP contribution in [0.2, 0.25) is 5.02 Å². The van der Waals surface area contributed by atoms with Gasteiger partial charge in [-0.05, 0) is 38.1 Å². The molecule has 3 aromatic rings. The Hall–Kier alpha value is -3.32. The Kier molecular flexibility index (Phi) is 7.01. The van der Waals surface area contributed by atoms with Gasteiger partial charge in [-0.2, -0.15) is 4.98 Å². The minimum Gasteiger partial charge on any atom is -0.368 e. The first-order valence-electron chi connectivity index (χ1n) is 12.6. The summed E-state index contributed by atoms with van der Waals surface area (Å²) in [6.07, 6.45) is 0.698. The van der Waals surface area contributed by atoms with Crippen LogP contribution in [0.1, 0.15) is 35.5 Å². The molecular formula is C28H33ClN6O. The number of benzene rings is 2. The van der Waals surface area contributed by atoms with Crippen LogP contribution in [0.25, 0.3) is 0 Å². The van der Waals surface area contributed by atoms with Crippen LogP contribution in [0.3, 0.4) is 0 Å². The Labute approximate surface area is 218 Å². The molecular weight excluding hydrogens is 472 g/mol. The molecule has 5 rings (SSSR count). The van der Waals surface area contributed by atoms with Crippen molar-refractivity contribution >= 4 is 35.0 Å². The average molecular weight is 505 g/mol. The summed E-state index contributed by atoms with van der Waals surface area (Å²) in [6, 6.07) is 18.1. The van der Waals surface area contributed by atoms with E-state index in [4.69, 9.17) is 21.6 Å².